The second-order valence-electron chi connectivity index (χ2n) is 8.94. The predicted octanol–water partition coefficient (Wildman–Crippen LogP) is 4.23. The number of aryl methyl sites for hydroxylation is 1. The van der Waals surface area contributed by atoms with Gasteiger partial charge >= 0.3 is 0 Å². The highest BCUT2D eigenvalue weighted by Gasteiger charge is 2.21. The summed E-state index contributed by atoms with van der Waals surface area (Å²) in [6, 6.07) is 14.7. The lowest BCUT2D eigenvalue weighted by Gasteiger charge is -2.14. The second-order valence-corrected chi connectivity index (χ2v) is 8.94. The molecule has 1 amide bonds. The van der Waals surface area contributed by atoms with E-state index in [0.29, 0.717) is 29.2 Å². The molecule has 0 saturated carbocycles. The molecule has 0 atom stereocenters. The molecule has 1 fully saturated rings. The van der Waals surface area contributed by atoms with Gasteiger partial charge in [0.2, 0.25) is 0 Å². The quantitative estimate of drug-likeness (QED) is 0.364. The number of H-pyrrole nitrogens is 2. The second kappa shape index (κ2) is 9.27. The lowest BCUT2D eigenvalue weighted by atomic mass is 10.0. The van der Waals surface area contributed by atoms with E-state index in [2.05, 4.69) is 20.2 Å². The molecule has 1 aliphatic heterocycles. The van der Waals surface area contributed by atoms with Gasteiger partial charge in [-0.15, -0.1) is 0 Å². The van der Waals surface area contributed by atoms with Crippen molar-refractivity contribution in [3.8, 4) is 11.4 Å². The van der Waals surface area contributed by atoms with Gasteiger partial charge < -0.3 is 20.2 Å². The largest absolute Gasteiger partial charge is 0.354 e. The third-order valence-electron chi connectivity index (χ3n) is 6.59. The van der Waals surface area contributed by atoms with E-state index in [1.807, 2.05) is 56.3 Å². The van der Waals surface area contributed by atoms with Gasteiger partial charge in [-0.1, -0.05) is 30.3 Å². The van der Waals surface area contributed by atoms with E-state index in [-0.39, 0.29) is 11.7 Å². The van der Waals surface area contributed by atoms with Gasteiger partial charge in [0.15, 0.2) is 5.78 Å². The van der Waals surface area contributed by atoms with Crippen molar-refractivity contribution in [2.75, 3.05) is 26.2 Å². The van der Waals surface area contributed by atoms with Crippen molar-refractivity contribution in [3.05, 3.63) is 76.6 Å². The summed E-state index contributed by atoms with van der Waals surface area (Å²) in [5, 5.41) is 3.04. The van der Waals surface area contributed by atoms with Crippen LogP contribution in [0.5, 0.6) is 0 Å². The molecule has 2 aromatic heterocycles. The molecule has 7 nitrogen and oxygen atoms in total. The number of carbonyl (C=O) groups is 2. The Balaban J connectivity index is 1.37. The van der Waals surface area contributed by atoms with Crippen molar-refractivity contribution in [1.29, 1.82) is 0 Å². The first-order valence-corrected chi connectivity index (χ1v) is 11.8. The Bertz CT molecular complexity index is 1350. The molecule has 0 bridgehead atoms. The topological polar surface area (TPSA) is 93.9 Å². The predicted molar refractivity (Wildman–Crippen MR) is 133 cm³/mol. The first-order valence-electron chi connectivity index (χ1n) is 11.8. The number of aromatic nitrogens is 3. The molecular formula is C27H29N5O2. The molecule has 3 heterocycles. The van der Waals surface area contributed by atoms with Gasteiger partial charge in [-0.2, -0.15) is 0 Å². The number of nitrogens with one attached hydrogen (secondary N) is 3. The van der Waals surface area contributed by atoms with Gasteiger partial charge in [0.05, 0.1) is 11.0 Å². The average Bonchev–Trinajstić information content (AvgIpc) is 3.57. The molecule has 1 aliphatic rings. The van der Waals surface area contributed by atoms with E-state index in [9.17, 15) is 9.59 Å². The van der Waals surface area contributed by atoms with Gasteiger partial charge in [0.25, 0.3) is 5.91 Å². The Hall–Kier alpha value is -3.71. The molecule has 4 aromatic rings. The fourth-order valence-corrected chi connectivity index (χ4v) is 4.78. The summed E-state index contributed by atoms with van der Waals surface area (Å²) in [6.07, 6.45) is 2.48. The molecule has 7 heteroatoms. The molecule has 0 spiro atoms. The smallest absolute Gasteiger partial charge is 0.268 e. The van der Waals surface area contributed by atoms with Crippen LogP contribution in [0.25, 0.3) is 22.4 Å². The minimum Gasteiger partial charge on any atom is -0.354 e. The van der Waals surface area contributed by atoms with Crippen molar-refractivity contribution in [3.63, 3.8) is 0 Å². The minimum atomic E-state index is -0.0992. The van der Waals surface area contributed by atoms with Crippen LogP contribution in [-0.2, 0) is 0 Å². The SMILES string of the molecule is Cc1[nH]c(C(=O)NCCN2CCCC2)c(C)c1-c1nc2ccc(C(=O)c3ccccc3)cc2[nH]1. The molecule has 3 N–H and O–H groups in total. The van der Waals surface area contributed by atoms with Gasteiger partial charge in [0.1, 0.15) is 11.5 Å². The number of rotatable bonds is 7. The highest BCUT2D eigenvalue weighted by atomic mass is 16.2. The summed E-state index contributed by atoms with van der Waals surface area (Å²) in [5.74, 6) is 0.556. The standard InChI is InChI=1S/C27H29N5O2/c1-17-23(18(2)29-24(17)27(34)28-12-15-32-13-6-7-14-32)26-30-21-11-10-20(16-22(21)31-26)25(33)19-8-4-3-5-9-19/h3-5,8-11,16,29H,6-7,12-15H2,1-2H3,(H,28,34)(H,30,31). The number of ketones is 1. The number of imidazole rings is 1. The summed E-state index contributed by atoms with van der Waals surface area (Å²) in [5.41, 5.74) is 6.00. The number of likely N-dealkylation sites (tertiary alicyclic amines) is 1. The zero-order valence-corrected chi connectivity index (χ0v) is 19.6. The van der Waals surface area contributed by atoms with E-state index in [4.69, 9.17) is 4.98 Å². The average molecular weight is 456 g/mol. The minimum absolute atomic E-state index is 0.0273. The van der Waals surface area contributed by atoms with E-state index >= 15 is 0 Å². The fraction of sp³-hybridized carbons (Fsp3) is 0.296. The number of aromatic amines is 2. The van der Waals surface area contributed by atoms with Crippen molar-refractivity contribution >= 4 is 22.7 Å². The lowest BCUT2D eigenvalue weighted by molar-refractivity contribution is 0.0944. The molecule has 2 aromatic carbocycles. The summed E-state index contributed by atoms with van der Waals surface area (Å²) in [4.78, 5) is 39.4. The van der Waals surface area contributed by atoms with Gasteiger partial charge in [-0.05, 0) is 63.5 Å². The molecule has 0 aliphatic carbocycles. The number of fused-ring (bicyclic) bond motifs is 1. The van der Waals surface area contributed by atoms with Crippen LogP contribution >= 0.6 is 0 Å². The summed E-state index contributed by atoms with van der Waals surface area (Å²) in [7, 11) is 0. The number of hydrogen-bond donors (Lipinski definition) is 3. The Morgan fingerprint density at radius 3 is 2.53 bits per heavy atom. The maximum atomic E-state index is 12.8. The van der Waals surface area contributed by atoms with E-state index < -0.39 is 0 Å². The van der Waals surface area contributed by atoms with Crippen LogP contribution < -0.4 is 5.32 Å². The Labute approximate surface area is 198 Å². The van der Waals surface area contributed by atoms with Crippen molar-refractivity contribution in [2.24, 2.45) is 0 Å². The third-order valence-corrected chi connectivity index (χ3v) is 6.59. The van der Waals surface area contributed by atoms with E-state index in [0.717, 1.165) is 47.5 Å². The third kappa shape index (κ3) is 4.26. The Kier molecular flexibility index (Phi) is 6.02. The van der Waals surface area contributed by atoms with Gasteiger partial charge in [-0.3, -0.25) is 9.59 Å². The molecule has 5 rings (SSSR count). The maximum Gasteiger partial charge on any atom is 0.268 e. The molecule has 0 unspecified atom stereocenters. The fourth-order valence-electron chi connectivity index (χ4n) is 4.78. The summed E-state index contributed by atoms with van der Waals surface area (Å²) >= 11 is 0. The maximum absolute atomic E-state index is 12.8. The van der Waals surface area contributed by atoms with Gasteiger partial charge in [0, 0.05) is 35.5 Å². The van der Waals surface area contributed by atoms with Crippen LogP contribution in [0.2, 0.25) is 0 Å². The highest BCUT2D eigenvalue weighted by molar-refractivity contribution is 6.10. The van der Waals surface area contributed by atoms with Gasteiger partial charge in [-0.25, -0.2) is 4.98 Å². The molecule has 174 valence electrons. The molecule has 0 radical (unpaired) electrons. The number of hydrogen-bond acceptors (Lipinski definition) is 4. The highest BCUT2D eigenvalue weighted by Crippen LogP contribution is 2.29. The van der Waals surface area contributed by atoms with Crippen LogP contribution in [0.3, 0.4) is 0 Å². The van der Waals surface area contributed by atoms with Crippen molar-refractivity contribution in [1.82, 2.24) is 25.2 Å². The first kappa shape index (κ1) is 22.1. The van der Waals surface area contributed by atoms with E-state index in [1.165, 1.54) is 12.8 Å². The monoisotopic (exact) mass is 455 g/mol. The van der Waals surface area contributed by atoms with Crippen LogP contribution in [0.15, 0.2) is 48.5 Å². The molecule has 1 saturated heterocycles. The number of benzene rings is 2. The molecular weight excluding hydrogens is 426 g/mol. The van der Waals surface area contributed by atoms with Crippen molar-refractivity contribution in [2.45, 2.75) is 26.7 Å². The zero-order valence-electron chi connectivity index (χ0n) is 19.6. The summed E-state index contributed by atoms with van der Waals surface area (Å²) < 4.78 is 0. The number of nitrogens with zero attached hydrogens (tertiary/aromatic N) is 2. The first-order chi connectivity index (χ1) is 16.5. The van der Waals surface area contributed by atoms with Crippen LogP contribution in [0, 0.1) is 13.8 Å². The van der Waals surface area contributed by atoms with Crippen LogP contribution in [0.1, 0.15) is 50.5 Å². The molecule has 34 heavy (non-hydrogen) atoms. The number of carbonyl (C=O) groups excluding carboxylic acids is 2. The van der Waals surface area contributed by atoms with Crippen molar-refractivity contribution < 1.29 is 9.59 Å². The Morgan fingerprint density at radius 2 is 1.76 bits per heavy atom. The van der Waals surface area contributed by atoms with Crippen LogP contribution in [-0.4, -0.2) is 57.7 Å². The lowest BCUT2D eigenvalue weighted by Crippen LogP contribution is -2.33. The number of amides is 1. The summed E-state index contributed by atoms with van der Waals surface area (Å²) in [6.45, 7) is 7.63. The zero-order chi connectivity index (χ0) is 23.7. The normalized spacial score (nSPS) is 14.1. The van der Waals surface area contributed by atoms with Crippen LogP contribution in [0.4, 0.5) is 0 Å². The Morgan fingerprint density at radius 1 is 1.00 bits per heavy atom. The van der Waals surface area contributed by atoms with E-state index in [1.54, 1.807) is 6.07 Å².